The Morgan fingerprint density at radius 3 is 2.60 bits per heavy atom. The summed E-state index contributed by atoms with van der Waals surface area (Å²) in [4.78, 5) is 29.0. The van der Waals surface area contributed by atoms with E-state index < -0.39 is 35.6 Å². The first kappa shape index (κ1) is 30.8. The minimum atomic E-state index is -3.95. The molecule has 2 unspecified atom stereocenters. The van der Waals surface area contributed by atoms with Gasteiger partial charge in [-0.3, -0.25) is 14.0 Å². The average Bonchev–Trinajstić information content (AvgIpc) is 3.33. The molecule has 42 heavy (non-hydrogen) atoms. The number of β-lactam (4-membered cyclic amide) rings is 1. The van der Waals surface area contributed by atoms with Crippen molar-refractivity contribution in [3.05, 3.63) is 59.2 Å². The molecular weight excluding hydrogens is 593 g/mol. The third-order valence-electron chi connectivity index (χ3n) is 8.75. The number of rotatable bonds is 10. The molecule has 9 nitrogen and oxygen atoms in total. The number of carbonyl (C=O) groups is 2. The first-order valence-corrected chi connectivity index (χ1v) is 19.3. The van der Waals surface area contributed by atoms with Crippen molar-refractivity contribution in [3.8, 4) is 0 Å². The molecular formula is C30H38N2O7S2Si. The van der Waals surface area contributed by atoms with Crippen LogP contribution in [-0.2, 0) is 35.2 Å². The van der Waals surface area contributed by atoms with E-state index in [9.17, 15) is 23.1 Å². The van der Waals surface area contributed by atoms with Crippen molar-refractivity contribution in [2.75, 3.05) is 24.1 Å². The van der Waals surface area contributed by atoms with Gasteiger partial charge in [0.15, 0.2) is 8.32 Å². The van der Waals surface area contributed by atoms with E-state index in [-0.39, 0.29) is 47.4 Å². The second-order valence-electron chi connectivity index (χ2n) is 12.4. The van der Waals surface area contributed by atoms with Gasteiger partial charge in [-0.2, -0.15) is 0 Å². The molecule has 1 N–H and O–H groups in total. The number of fused-ring (bicyclic) bond motifs is 1. The third-order valence-corrected chi connectivity index (χ3v) is 16.5. The van der Waals surface area contributed by atoms with Gasteiger partial charge in [0.1, 0.15) is 17.7 Å². The van der Waals surface area contributed by atoms with Crippen LogP contribution in [0, 0.1) is 5.92 Å². The molecule has 2 aromatic carbocycles. The summed E-state index contributed by atoms with van der Waals surface area (Å²) in [6, 6.07) is 8.70. The molecule has 0 saturated carbocycles. The van der Waals surface area contributed by atoms with Gasteiger partial charge in [-0.05, 0) is 54.6 Å². The predicted octanol–water partition coefficient (Wildman–Crippen LogP) is 4.77. The Kier molecular flexibility index (Phi) is 7.93. The molecule has 2 aromatic rings. The first-order valence-electron chi connectivity index (χ1n) is 14.0. The quantitative estimate of drug-likeness (QED) is 0.173. The Morgan fingerprint density at radius 1 is 1.24 bits per heavy atom. The Labute approximate surface area is 252 Å². The second-order valence-corrected chi connectivity index (χ2v) is 20.2. The van der Waals surface area contributed by atoms with Crippen LogP contribution in [0.15, 0.2) is 58.5 Å². The lowest BCUT2D eigenvalue weighted by Gasteiger charge is -2.48. The lowest BCUT2D eigenvalue weighted by molar-refractivity contribution is -0.157. The standard InChI is InChI=1S/C30H38N2O7S2Si/c1-8-16-38-29(35)26-22(40-28-24(27(34)32(26)28)18(2)39-42(6,7)30(3,4)5)17-31-21-11-9-10-20-19(14-15-33)12-13-23(25(20)21)41(31,36)37/h8-13,18,24,28,33H,1,14-17H2,2-7H3/t18-,24?,28?/m0/s1. The van der Waals surface area contributed by atoms with E-state index in [1.54, 1.807) is 24.3 Å². The minimum absolute atomic E-state index is 0.0400. The molecule has 226 valence electrons. The van der Waals surface area contributed by atoms with Crippen LogP contribution in [0.25, 0.3) is 10.8 Å². The normalized spacial score (nSPS) is 21.9. The molecule has 1 amide bonds. The highest BCUT2D eigenvalue weighted by molar-refractivity contribution is 8.04. The van der Waals surface area contributed by atoms with Crippen molar-refractivity contribution >= 4 is 58.4 Å². The molecule has 0 aliphatic carbocycles. The minimum Gasteiger partial charge on any atom is -0.457 e. The number of anilines is 1. The molecule has 1 saturated heterocycles. The molecule has 3 aliphatic rings. The highest BCUT2D eigenvalue weighted by Gasteiger charge is 2.59. The third kappa shape index (κ3) is 4.81. The summed E-state index contributed by atoms with van der Waals surface area (Å²) in [5.41, 5.74) is 1.43. The number of carbonyl (C=O) groups excluding carboxylic acids is 2. The van der Waals surface area contributed by atoms with E-state index in [0.717, 1.165) is 10.9 Å². The van der Waals surface area contributed by atoms with E-state index in [1.165, 1.54) is 27.0 Å². The summed E-state index contributed by atoms with van der Waals surface area (Å²) in [5, 5.41) is 10.4. The maximum atomic E-state index is 13.9. The summed E-state index contributed by atoms with van der Waals surface area (Å²) >= 11 is 1.33. The second kappa shape index (κ2) is 10.8. The van der Waals surface area contributed by atoms with Crippen LogP contribution in [-0.4, -0.2) is 69.9 Å². The zero-order valence-electron chi connectivity index (χ0n) is 24.8. The number of aliphatic hydroxyl groups is 1. The van der Waals surface area contributed by atoms with Gasteiger partial charge in [-0.25, -0.2) is 13.2 Å². The Bertz CT molecular complexity index is 1610. The topological polar surface area (TPSA) is 113 Å². The molecule has 0 spiro atoms. The average molecular weight is 631 g/mol. The summed E-state index contributed by atoms with van der Waals surface area (Å²) in [7, 11) is -6.13. The number of hydrogen-bond donors (Lipinski definition) is 1. The number of amides is 1. The Morgan fingerprint density at radius 2 is 1.95 bits per heavy atom. The maximum Gasteiger partial charge on any atom is 0.356 e. The van der Waals surface area contributed by atoms with E-state index in [2.05, 4.69) is 40.4 Å². The fourth-order valence-electron chi connectivity index (χ4n) is 5.59. The van der Waals surface area contributed by atoms with Crippen molar-refractivity contribution in [1.82, 2.24) is 4.90 Å². The van der Waals surface area contributed by atoms with E-state index in [4.69, 9.17) is 9.16 Å². The molecule has 5 rings (SSSR count). The van der Waals surface area contributed by atoms with Gasteiger partial charge >= 0.3 is 5.97 Å². The molecule has 1 fully saturated rings. The number of ether oxygens (including phenoxy) is 1. The molecule has 3 atom stereocenters. The lowest BCUT2D eigenvalue weighted by Crippen LogP contribution is -2.62. The molecule has 3 heterocycles. The number of thioether (sulfide) groups is 1. The molecule has 0 bridgehead atoms. The summed E-state index contributed by atoms with van der Waals surface area (Å²) in [6.07, 6.45) is 1.46. The van der Waals surface area contributed by atoms with Gasteiger partial charge in [-0.15, -0.1) is 0 Å². The van der Waals surface area contributed by atoms with Gasteiger partial charge in [0.05, 0.1) is 29.1 Å². The van der Waals surface area contributed by atoms with Crippen molar-refractivity contribution in [1.29, 1.82) is 0 Å². The number of esters is 1. The van der Waals surface area contributed by atoms with Crippen LogP contribution in [0.1, 0.15) is 33.3 Å². The number of sulfonamides is 1. The Hall–Kier alpha value is -2.64. The van der Waals surface area contributed by atoms with Crippen molar-refractivity contribution in [3.63, 3.8) is 0 Å². The first-order chi connectivity index (χ1) is 19.7. The van der Waals surface area contributed by atoms with Gasteiger partial charge in [0, 0.05) is 16.9 Å². The molecule has 12 heteroatoms. The summed E-state index contributed by atoms with van der Waals surface area (Å²) in [6.45, 7) is 16.0. The zero-order valence-corrected chi connectivity index (χ0v) is 27.5. The van der Waals surface area contributed by atoms with Crippen LogP contribution < -0.4 is 4.31 Å². The highest BCUT2D eigenvalue weighted by atomic mass is 32.2. The van der Waals surface area contributed by atoms with Gasteiger partial charge in [0.25, 0.3) is 10.0 Å². The lowest BCUT2D eigenvalue weighted by atomic mass is 9.92. The van der Waals surface area contributed by atoms with E-state index >= 15 is 0 Å². The molecule has 0 radical (unpaired) electrons. The summed E-state index contributed by atoms with van der Waals surface area (Å²) in [5.74, 6) is -1.41. The van der Waals surface area contributed by atoms with Gasteiger partial charge < -0.3 is 14.3 Å². The largest absolute Gasteiger partial charge is 0.457 e. The highest BCUT2D eigenvalue weighted by Crippen LogP contribution is 2.53. The van der Waals surface area contributed by atoms with Crippen molar-refractivity contribution < 1.29 is 32.3 Å². The Balaban J connectivity index is 1.50. The maximum absolute atomic E-state index is 13.9. The number of aliphatic hydroxyl groups excluding tert-OH is 1. The fourth-order valence-corrected chi connectivity index (χ4v) is 10.3. The van der Waals surface area contributed by atoms with Crippen molar-refractivity contribution in [2.24, 2.45) is 5.92 Å². The SMILES string of the molecule is C=CCOC(=O)C1=C(CN2c3cccc4c(CCO)ccc(c34)S2(=O)=O)SC2C([C@H](C)O[Si](C)(C)C(C)(C)C)C(=O)N12. The smallest absolute Gasteiger partial charge is 0.356 e. The number of hydrogen-bond acceptors (Lipinski definition) is 8. The van der Waals surface area contributed by atoms with Crippen LogP contribution in [0.5, 0.6) is 0 Å². The zero-order chi connectivity index (χ0) is 30.8. The van der Waals surface area contributed by atoms with Crippen LogP contribution in [0.3, 0.4) is 0 Å². The van der Waals surface area contributed by atoms with E-state index in [1.807, 2.05) is 13.0 Å². The van der Waals surface area contributed by atoms with Gasteiger partial charge in [-0.1, -0.05) is 63.4 Å². The number of nitrogens with zero attached hydrogens (tertiary/aromatic N) is 2. The molecule has 0 aromatic heterocycles. The number of benzene rings is 2. The van der Waals surface area contributed by atoms with Crippen LogP contribution in [0.4, 0.5) is 5.69 Å². The monoisotopic (exact) mass is 630 g/mol. The van der Waals surface area contributed by atoms with Crippen LogP contribution >= 0.6 is 11.8 Å². The van der Waals surface area contributed by atoms with Crippen LogP contribution in [0.2, 0.25) is 18.1 Å². The fraction of sp³-hybridized carbons (Fsp3) is 0.467. The van der Waals surface area contributed by atoms with Gasteiger partial charge in [0.2, 0.25) is 5.91 Å². The van der Waals surface area contributed by atoms with Crippen molar-refractivity contribution in [2.45, 2.75) is 68.6 Å². The molecule has 3 aliphatic heterocycles. The predicted molar refractivity (Wildman–Crippen MR) is 167 cm³/mol. The summed E-state index contributed by atoms with van der Waals surface area (Å²) < 4.78 is 40.9. The van der Waals surface area contributed by atoms with E-state index in [0.29, 0.717) is 22.4 Å².